The van der Waals surface area contributed by atoms with E-state index in [1.165, 1.54) is 0 Å². The van der Waals surface area contributed by atoms with Crippen molar-refractivity contribution >= 4 is 5.91 Å². The Morgan fingerprint density at radius 3 is 2.91 bits per heavy atom. The van der Waals surface area contributed by atoms with Crippen molar-refractivity contribution in [2.24, 2.45) is 5.73 Å². The number of benzene rings is 1. The van der Waals surface area contributed by atoms with Gasteiger partial charge >= 0.3 is 0 Å². The van der Waals surface area contributed by atoms with Gasteiger partial charge in [0.25, 0.3) is 11.8 Å². The van der Waals surface area contributed by atoms with E-state index in [1.807, 2.05) is 19.1 Å². The molecule has 6 nitrogen and oxygen atoms in total. The summed E-state index contributed by atoms with van der Waals surface area (Å²) >= 11 is 0. The summed E-state index contributed by atoms with van der Waals surface area (Å²) in [7, 11) is 0. The smallest absolute Gasteiger partial charge is 0.258 e. The standard InChI is InChI=1S/C17H22N4O2/c1-2-10-19-14(22)12-6-5-7-13(11-12)15-20-16(21-23-15)17(18)8-3-4-9-17/h5-7,11H,2-4,8-10,18H2,1H3,(H,19,22). The summed E-state index contributed by atoms with van der Waals surface area (Å²) in [6, 6.07) is 7.20. The van der Waals surface area contributed by atoms with Crippen LogP contribution in [0.2, 0.25) is 0 Å². The Bertz CT molecular complexity index is 689. The van der Waals surface area contributed by atoms with E-state index < -0.39 is 5.54 Å². The van der Waals surface area contributed by atoms with Gasteiger partial charge in [-0.25, -0.2) is 0 Å². The van der Waals surface area contributed by atoms with Crippen molar-refractivity contribution in [3.8, 4) is 11.5 Å². The fourth-order valence-corrected chi connectivity index (χ4v) is 2.91. The maximum atomic E-state index is 12.1. The molecule has 1 saturated carbocycles. The Morgan fingerprint density at radius 2 is 2.17 bits per heavy atom. The van der Waals surface area contributed by atoms with E-state index in [0.717, 1.165) is 37.7 Å². The van der Waals surface area contributed by atoms with Gasteiger partial charge in [0.05, 0.1) is 5.54 Å². The molecule has 0 unspecified atom stereocenters. The molecule has 1 aromatic carbocycles. The largest absolute Gasteiger partial charge is 0.352 e. The predicted molar refractivity (Wildman–Crippen MR) is 86.7 cm³/mol. The van der Waals surface area contributed by atoms with Crippen LogP contribution in [0.15, 0.2) is 28.8 Å². The van der Waals surface area contributed by atoms with E-state index in [0.29, 0.717) is 23.8 Å². The molecule has 1 fully saturated rings. The maximum absolute atomic E-state index is 12.1. The van der Waals surface area contributed by atoms with E-state index in [1.54, 1.807) is 12.1 Å². The van der Waals surface area contributed by atoms with E-state index in [-0.39, 0.29) is 5.91 Å². The van der Waals surface area contributed by atoms with Crippen LogP contribution < -0.4 is 11.1 Å². The molecular formula is C17H22N4O2. The second-order valence-electron chi connectivity index (χ2n) is 6.12. The molecule has 1 amide bonds. The quantitative estimate of drug-likeness (QED) is 0.884. The minimum atomic E-state index is -0.474. The summed E-state index contributed by atoms with van der Waals surface area (Å²) in [6.45, 7) is 2.67. The Morgan fingerprint density at radius 1 is 1.39 bits per heavy atom. The zero-order valence-corrected chi connectivity index (χ0v) is 13.3. The third-order valence-electron chi connectivity index (χ3n) is 4.27. The minimum Gasteiger partial charge on any atom is -0.352 e. The van der Waals surface area contributed by atoms with Crippen LogP contribution in [0, 0.1) is 0 Å². The molecule has 23 heavy (non-hydrogen) atoms. The highest BCUT2D eigenvalue weighted by molar-refractivity contribution is 5.95. The summed E-state index contributed by atoms with van der Waals surface area (Å²) in [5.41, 5.74) is 7.19. The lowest BCUT2D eigenvalue weighted by molar-refractivity contribution is 0.0953. The van der Waals surface area contributed by atoms with E-state index in [9.17, 15) is 4.79 Å². The molecular weight excluding hydrogens is 292 g/mol. The van der Waals surface area contributed by atoms with Crippen LogP contribution in [0.4, 0.5) is 0 Å². The fourth-order valence-electron chi connectivity index (χ4n) is 2.91. The SMILES string of the molecule is CCCNC(=O)c1cccc(-c2nc(C3(N)CCCC3)no2)c1. The highest BCUT2D eigenvalue weighted by Crippen LogP contribution is 2.35. The van der Waals surface area contributed by atoms with Gasteiger partial charge in [0.1, 0.15) is 0 Å². The van der Waals surface area contributed by atoms with Crippen LogP contribution in [0.1, 0.15) is 55.2 Å². The number of carbonyl (C=O) groups is 1. The molecule has 1 aliphatic rings. The summed E-state index contributed by atoms with van der Waals surface area (Å²) in [5, 5.41) is 6.92. The summed E-state index contributed by atoms with van der Waals surface area (Å²) < 4.78 is 5.37. The number of hydrogen-bond donors (Lipinski definition) is 2. The van der Waals surface area contributed by atoms with Gasteiger partial charge in [0, 0.05) is 17.7 Å². The van der Waals surface area contributed by atoms with Gasteiger partial charge in [-0.3, -0.25) is 4.79 Å². The van der Waals surface area contributed by atoms with Crippen LogP contribution in [0.3, 0.4) is 0 Å². The average molecular weight is 314 g/mol. The summed E-state index contributed by atoms with van der Waals surface area (Å²) in [6.07, 6.45) is 4.84. The lowest BCUT2D eigenvalue weighted by Crippen LogP contribution is -2.34. The Kier molecular flexibility index (Phi) is 4.43. The first-order valence-corrected chi connectivity index (χ1v) is 8.14. The Balaban J connectivity index is 1.82. The molecule has 3 N–H and O–H groups in total. The number of nitrogens with one attached hydrogen (secondary N) is 1. The number of rotatable bonds is 5. The Labute approximate surface area is 135 Å². The molecule has 3 rings (SSSR count). The zero-order valence-electron chi connectivity index (χ0n) is 13.3. The van der Waals surface area contributed by atoms with Gasteiger partial charge in [-0.15, -0.1) is 0 Å². The minimum absolute atomic E-state index is 0.0977. The van der Waals surface area contributed by atoms with Crippen LogP contribution in [-0.4, -0.2) is 22.6 Å². The lowest BCUT2D eigenvalue weighted by Gasteiger charge is -2.17. The highest BCUT2D eigenvalue weighted by atomic mass is 16.5. The molecule has 0 spiro atoms. The van der Waals surface area contributed by atoms with Crippen molar-refractivity contribution in [1.29, 1.82) is 0 Å². The molecule has 0 aliphatic heterocycles. The van der Waals surface area contributed by atoms with Crippen molar-refractivity contribution in [3.05, 3.63) is 35.7 Å². The number of nitrogens with zero attached hydrogens (tertiary/aromatic N) is 2. The fraction of sp³-hybridized carbons (Fsp3) is 0.471. The second kappa shape index (κ2) is 6.50. The van der Waals surface area contributed by atoms with Crippen molar-refractivity contribution in [1.82, 2.24) is 15.5 Å². The number of carbonyl (C=O) groups excluding carboxylic acids is 1. The van der Waals surface area contributed by atoms with Gasteiger partial charge in [-0.1, -0.05) is 31.0 Å². The summed E-state index contributed by atoms with van der Waals surface area (Å²) in [4.78, 5) is 16.5. The third kappa shape index (κ3) is 3.27. The molecule has 0 bridgehead atoms. The van der Waals surface area contributed by atoms with Crippen molar-refractivity contribution in [2.45, 2.75) is 44.6 Å². The molecule has 122 valence electrons. The normalized spacial score (nSPS) is 16.4. The predicted octanol–water partition coefficient (Wildman–Crippen LogP) is 2.60. The lowest BCUT2D eigenvalue weighted by atomic mass is 9.98. The van der Waals surface area contributed by atoms with Crippen molar-refractivity contribution in [2.75, 3.05) is 6.54 Å². The number of nitrogens with two attached hydrogens (primary N) is 1. The topological polar surface area (TPSA) is 94.0 Å². The highest BCUT2D eigenvalue weighted by Gasteiger charge is 2.36. The number of hydrogen-bond acceptors (Lipinski definition) is 5. The van der Waals surface area contributed by atoms with Crippen LogP contribution in [0.25, 0.3) is 11.5 Å². The van der Waals surface area contributed by atoms with Crippen molar-refractivity contribution in [3.63, 3.8) is 0 Å². The average Bonchev–Trinajstić information content (AvgIpc) is 3.23. The summed E-state index contributed by atoms with van der Waals surface area (Å²) in [5.74, 6) is 0.868. The number of aromatic nitrogens is 2. The number of amides is 1. The van der Waals surface area contributed by atoms with Gasteiger partial charge in [-0.05, 0) is 37.5 Å². The van der Waals surface area contributed by atoms with Gasteiger partial charge in [-0.2, -0.15) is 4.98 Å². The second-order valence-corrected chi connectivity index (χ2v) is 6.12. The van der Waals surface area contributed by atoms with Crippen molar-refractivity contribution < 1.29 is 9.32 Å². The molecule has 0 saturated heterocycles. The van der Waals surface area contributed by atoms with Gasteiger partial charge in [0.2, 0.25) is 0 Å². The molecule has 6 heteroatoms. The van der Waals surface area contributed by atoms with Gasteiger partial charge < -0.3 is 15.6 Å². The zero-order chi connectivity index (χ0) is 16.3. The monoisotopic (exact) mass is 314 g/mol. The molecule has 1 aromatic heterocycles. The molecule has 1 heterocycles. The van der Waals surface area contributed by atoms with Crippen LogP contribution >= 0.6 is 0 Å². The first kappa shape index (κ1) is 15.7. The molecule has 2 aromatic rings. The molecule has 0 atom stereocenters. The Hall–Kier alpha value is -2.21. The maximum Gasteiger partial charge on any atom is 0.258 e. The van der Waals surface area contributed by atoms with Crippen LogP contribution in [-0.2, 0) is 5.54 Å². The van der Waals surface area contributed by atoms with E-state index in [4.69, 9.17) is 10.3 Å². The van der Waals surface area contributed by atoms with Gasteiger partial charge in [0.15, 0.2) is 5.82 Å². The van der Waals surface area contributed by atoms with Crippen LogP contribution in [0.5, 0.6) is 0 Å². The van der Waals surface area contributed by atoms with E-state index >= 15 is 0 Å². The first-order valence-electron chi connectivity index (χ1n) is 8.14. The first-order chi connectivity index (χ1) is 11.1. The molecule has 0 radical (unpaired) electrons. The van der Waals surface area contributed by atoms with E-state index in [2.05, 4.69) is 15.5 Å². The third-order valence-corrected chi connectivity index (χ3v) is 4.27. The molecule has 1 aliphatic carbocycles.